The monoisotopic (exact) mass is 203 g/mol. The molecule has 0 amide bonds. The molecule has 3 N–H and O–H groups in total. The van der Waals surface area contributed by atoms with Gasteiger partial charge in [0.25, 0.3) is 0 Å². The molecule has 0 atom stereocenters. The number of carboxylic acid groups (broad SMARTS) is 1. The second kappa shape index (κ2) is 3.45. The Morgan fingerprint density at radius 1 is 1.33 bits per heavy atom. The summed E-state index contributed by atoms with van der Waals surface area (Å²) in [5, 5.41) is 8.69. The van der Waals surface area contributed by atoms with E-state index in [-0.39, 0.29) is 0 Å². The van der Waals surface area contributed by atoms with Gasteiger partial charge in [-0.1, -0.05) is 12.1 Å². The van der Waals surface area contributed by atoms with Gasteiger partial charge >= 0.3 is 6.09 Å². The number of nitrogens with zero attached hydrogens (tertiary/aromatic N) is 2. The topological polar surface area (TPSA) is 81.1 Å². The van der Waals surface area contributed by atoms with Gasteiger partial charge in [0, 0.05) is 17.4 Å². The number of nitrogen functional groups attached to an aromatic ring is 1. The average Bonchev–Trinajstić information content (AvgIpc) is 2.68. The molecule has 76 valence electrons. The lowest BCUT2D eigenvalue weighted by molar-refractivity contribution is 0.196. The van der Waals surface area contributed by atoms with E-state index in [1.165, 1.54) is 12.5 Å². The predicted molar refractivity (Wildman–Crippen MR) is 55.5 cm³/mol. The Balaban J connectivity index is 2.37. The van der Waals surface area contributed by atoms with Crippen molar-refractivity contribution in [2.45, 2.75) is 0 Å². The summed E-state index contributed by atoms with van der Waals surface area (Å²) in [4.78, 5) is 14.6. The van der Waals surface area contributed by atoms with Crippen molar-refractivity contribution in [3.8, 4) is 11.3 Å². The van der Waals surface area contributed by atoms with Crippen LogP contribution in [0.5, 0.6) is 0 Å². The molecule has 1 aromatic heterocycles. The number of rotatable bonds is 1. The summed E-state index contributed by atoms with van der Waals surface area (Å²) in [5.41, 5.74) is 7.65. The first-order chi connectivity index (χ1) is 7.16. The van der Waals surface area contributed by atoms with E-state index in [1.54, 1.807) is 24.3 Å². The smallest absolute Gasteiger partial charge is 0.416 e. The molecule has 0 fully saturated rings. The van der Waals surface area contributed by atoms with Crippen LogP contribution in [0.2, 0.25) is 0 Å². The summed E-state index contributed by atoms with van der Waals surface area (Å²) in [6.45, 7) is 0. The quantitative estimate of drug-likeness (QED) is 0.690. The Hall–Kier alpha value is -2.30. The van der Waals surface area contributed by atoms with Gasteiger partial charge in [0.1, 0.15) is 6.33 Å². The molecule has 0 radical (unpaired) electrons. The zero-order valence-electron chi connectivity index (χ0n) is 7.79. The van der Waals surface area contributed by atoms with Crippen molar-refractivity contribution in [2.75, 3.05) is 5.73 Å². The summed E-state index contributed by atoms with van der Waals surface area (Å²) in [6.07, 6.45) is 1.66. The summed E-state index contributed by atoms with van der Waals surface area (Å²) < 4.78 is 1.01. The maximum absolute atomic E-state index is 10.6. The Labute approximate surface area is 85.8 Å². The number of anilines is 1. The second-order valence-electron chi connectivity index (χ2n) is 3.07. The fourth-order valence-corrected chi connectivity index (χ4v) is 1.23. The molecule has 0 spiro atoms. The van der Waals surface area contributed by atoms with Crippen molar-refractivity contribution in [2.24, 2.45) is 0 Å². The highest BCUT2D eigenvalue weighted by atomic mass is 16.4. The molecule has 0 saturated heterocycles. The van der Waals surface area contributed by atoms with E-state index in [0.29, 0.717) is 11.4 Å². The van der Waals surface area contributed by atoms with Crippen molar-refractivity contribution in [1.29, 1.82) is 0 Å². The Morgan fingerprint density at radius 3 is 2.53 bits per heavy atom. The van der Waals surface area contributed by atoms with E-state index in [9.17, 15) is 4.79 Å². The molecule has 5 nitrogen and oxygen atoms in total. The third-order valence-electron chi connectivity index (χ3n) is 2.01. The molecule has 1 heterocycles. The predicted octanol–water partition coefficient (Wildman–Crippen LogP) is 1.66. The molecule has 0 bridgehead atoms. The zero-order chi connectivity index (χ0) is 10.8. The number of hydrogen-bond acceptors (Lipinski definition) is 3. The van der Waals surface area contributed by atoms with Crippen molar-refractivity contribution < 1.29 is 9.90 Å². The second-order valence-corrected chi connectivity index (χ2v) is 3.07. The van der Waals surface area contributed by atoms with Crippen molar-refractivity contribution in [1.82, 2.24) is 9.55 Å². The van der Waals surface area contributed by atoms with Crippen LogP contribution in [-0.4, -0.2) is 20.8 Å². The normalized spacial score (nSPS) is 10.1. The van der Waals surface area contributed by atoms with Gasteiger partial charge in [-0.2, -0.15) is 0 Å². The lowest BCUT2D eigenvalue weighted by Gasteiger charge is -1.96. The van der Waals surface area contributed by atoms with Gasteiger partial charge in [0.15, 0.2) is 0 Å². The number of imidazole rings is 1. The third-order valence-corrected chi connectivity index (χ3v) is 2.01. The first-order valence-electron chi connectivity index (χ1n) is 4.30. The zero-order valence-corrected chi connectivity index (χ0v) is 7.79. The van der Waals surface area contributed by atoms with E-state index in [2.05, 4.69) is 4.98 Å². The molecule has 0 aliphatic carbocycles. The SMILES string of the molecule is Nc1ccc(-c2cn(C(=O)O)cn2)cc1. The van der Waals surface area contributed by atoms with Gasteiger partial charge in [-0.05, 0) is 12.1 Å². The molecule has 2 rings (SSSR count). The summed E-state index contributed by atoms with van der Waals surface area (Å²) >= 11 is 0. The standard InChI is InChI=1S/C10H9N3O2/c11-8-3-1-7(2-4-8)9-5-13(6-12-9)10(14)15/h1-6H,11H2,(H,14,15). The molecule has 0 aliphatic heterocycles. The number of aromatic nitrogens is 2. The molecular formula is C10H9N3O2. The molecule has 0 aliphatic rings. The average molecular weight is 203 g/mol. The highest BCUT2D eigenvalue weighted by molar-refractivity contribution is 5.70. The van der Waals surface area contributed by atoms with Crippen LogP contribution >= 0.6 is 0 Å². The first kappa shape index (κ1) is 9.26. The number of benzene rings is 1. The van der Waals surface area contributed by atoms with E-state index in [4.69, 9.17) is 10.8 Å². The minimum atomic E-state index is -1.05. The molecule has 0 saturated carbocycles. The minimum Gasteiger partial charge on any atom is -0.464 e. The van der Waals surface area contributed by atoms with Crippen LogP contribution < -0.4 is 5.73 Å². The van der Waals surface area contributed by atoms with Crippen molar-refractivity contribution in [3.63, 3.8) is 0 Å². The lowest BCUT2D eigenvalue weighted by Crippen LogP contribution is -2.03. The third kappa shape index (κ3) is 1.80. The Bertz CT molecular complexity index is 488. The van der Waals surface area contributed by atoms with Crippen LogP contribution in [0.1, 0.15) is 0 Å². The Morgan fingerprint density at radius 2 is 2.00 bits per heavy atom. The van der Waals surface area contributed by atoms with Crippen molar-refractivity contribution >= 4 is 11.8 Å². The Kier molecular flexibility index (Phi) is 2.13. The number of hydrogen-bond donors (Lipinski definition) is 2. The molecule has 5 heteroatoms. The first-order valence-corrected chi connectivity index (χ1v) is 4.30. The molecule has 2 aromatic rings. The number of nitrogens with two attached hydrogens (primary N) is 1. The highest BCUT2D eigenvalue weighted by Gasteiger charge is 2.05. The van der Waals surface area contributed by atoms with Crippen LogP contribution in [0.4, 0.5) is 10.5 Å². The summed E-state index contributed by atoms with van der Waals surface area (Å²) in [5.74, 6) is 0. The van der Waals surface area contributed by atoms with E-state index < -0.39 is 6.09 Å². The maximum Gasteiger partial charge on any atom is 0.416 e. The molecular weight excluding hydrogens is 194 g/mol. The van der Waals surface area contributed by atoms with Crippen LogP contribution in [0, 0.1) is 0 Å². The van der Waals surface area contributed by atoms with E-state index in [0.717, 1.165) is 10.1 Å². The van der Waals surface area contributed by atoms with Gasteiger partial charge < -0.3 is 10.8 Å². The van der Waals surface area contributed by atoms with Gasteiger partial charge in [0.05, 0.1) is 5.69 Å². The van der Waals surface area contributed by atoms with Gasteiger partial charge in [-0.15, -0.1) is 0 Å². The lowest BCUT2D eigenvalue weighted by atomic mass is 10.1. The van der Waals surface area contributed by atoms with E-state index >= 15 is 0 Å². The molecule has 1 aromatic carbocycles. The fourth-order valence-electron chi connectivity index (χ4n) is 1.23. The maximum atomic E-state index is 10.6. The summed E-state index contributed by atoms with van der Waals surface area (Å²) in [7, 11) is 0. The highest BCUT2D eigenvalue weighted by Crippen LogP contribution is 2.17. The van der Waals surface area contributed by atoms with Crippen LogP contribution in [0.3, 0.4) is 0 Å². The van der Waals surface area contributed by atoms with Gasteiger partial charge in [-0.25, -0.2) is 14.3 Å². The largest absolute Gasteiger partial charge is 0.464 e. The van der Waals surface area contributed by atoms with Crippen molar-refractivity contribution in [3.05, 3.63) is 36.8 Å². The van der Waals surface area contributed by atoms with Gasteiger partial charge in [-0.3, -0.25) is 0 Å². The van der Waals surface area contributed by atoms with Gasteiger partial charge in [0.2, 0.25) is 0 Å². The summed E-state index contributed by atoms with van der Waals surface area (Å²) in [6, 6.07) is 7.08. The number of carbonyl (C=O) groups is 1. The minimum absolute atomic E-state index is 0.609. The van der Waals surface area contributed by atoms with Crippen LogP contribution in [0.25, 0.3) is 11.3 Å². The van der Waals surface area contributed by atoms with E-state index in [1.807, 2.05) is 0 Å². The molecule has 0 unspecified atom stereocenters. The van der Waals surface area contributed by atoms with Crippen LogP contribution in [-0.2, 0) is 0 Å². The fraction of sp³-hybridized carbons (Fsp3) is 0. The van der Waals surface area contributed by atoms with Crippen LogP contribution in [0.15, 0.2) is 36.8 Å². The molecule has 15 heavy (non-hydrogen) atoms.